The molecule has 0 aliphatic heterocycles. The Morgan fingerprint density at radius 2 is 1.19 bits per heavy atom. The molecular formula is C21H35O4P-2. The van der Waals surface area contributed by atoms with E-state index in [0.717, 1.165) is 44.1 Å². The third kappa shape index (κ3) is 17.9. The van der Waals surface area contributed by atoms with Crippen LogP contribution in [0, 0.1) is 0 Å². The zero-order chi connectivity index (χ0) is 20.0. The standard InChI is InChI=1S/C21H37O4P/c1-18(2)9-6-10-19(3)11-7-12-20(4)13-8-14-21(5)15-16-25-17-26(22,23)24/h9,11,13,15H,6-8,10,12,14,16-17H2,1-5H3,(H2,22,23,24)/p-2/b19-11+,20-13+,21-15+. The highest BCUT2D eigenvalue weighted by atomic mass is 31.2. The molecule has 4 nitrogen and oxygen atoms in total. The van der Waals surface area contributed by atoms with Gasteiger partial charge in [0.15, 0.2) is 0 Å². The Bertz CT molecular complexity index is 561. The van der Waals surface area contributed by atoms with Crippen LogP contribution >= 0.6 is 7.60 Å². The van der Waals surface area contributed by atoms with Gasteiger partial charge in [-0.15, -0.1) is 0 Å². The predicted molar refractivity (Wildman–Crippen MR) is 107 cm³/mol. The van der Waals surface area contributed by atoms with E-state index in [2.05, 4.69) is 45.9 Å². The second kappa shape index (κ2) is 14.2. The van der Waals surface area contributed by atoms with Crippen molar-refractivity contribution in [3.8, 4) is 0 Å². The summed E-state index contributed by atoms with van der Waals surface area (Å²) < 4.78 is 15.3. The van der Waals surface area contributed by atoms with Crippen LogP contribution in [0.2, 0.25) is 0 Å². The highest BCUT2D eigenvalue weighted by molar-refractivity contribution is 7.48. The largest absolute Gasteiger partial charge is 0.809 e. The molecule has 0 N–H and O–H groups in total. The number of hydrogen-bond donors (Lipinski definition) is 0. The first-order valence-electron chi connectivity index (χ1n) is 9.29. The molecule has 0 saturated heterocycles. The van der Waals surface area contributed by atoms with Crippen LogP contribution in [0.5, 0.6) is 0 Å². The van der Waals surface area contributed by atoms with Gasteiger partial charge < -0.3 is 19.1 Å². The highest BCUT2D eigenvalue weighted by Crippen LogP contribution is 2.22. The Morgan fingerprint density at radius 3 is 1.62 bits per heavy atom. The molecule has 150 valence electrons. The van der Waals surface area contributed by atoms with E-state index in [1.54, 1.807) is 0 Å². The lowest BCUT2D eigenvalue weighted by molar-refractivity contribution is -0.318. The fraction of sp³-hybridized carbons (Fsp3) is 0.619. The van der Waals surface area contributed by atoms with Gasteiger partial charge in [0.25, 0.3) is 0 Å². The van der Waals surface area contributed by atoms with E-state index < -0.39 is 13.9 Å². The van der Waals surface area contributed by atoms with Crippen LogP contribution in [0.25, 0.3) is 0 Å². The Hall–Kier alpha value is -0.930. The van der Waals surface area contributed by atoms with Gasteiger partial charge in [0.2, 0.25) is 0 Å². The number of ether oxygens (including phenoxy) is 1. The summed E-state index contributed by atoms with van der Waals surface area (Å²) in [5, 5.41) is 0. The molecule has 0 spiro atoms. The van der Waals surface area contributed by atoms with Crippen LogP contribution in [-0.2, 0) is 9.30 Å². The van der Waals surface area contributed by atoms with Crippen molar-refractivity contribution in [3.05, 3.63) is 46.6 Å². The number of allylic oxidation sites excluding steroid dienone is 7. The number of rotatable bonds is 13. The molecule has 0 heterocycles. The molecule has 0 amide bonds. The summed E-state index contributed by atoms with van der Waals surface area (Å²) >= 11 is 0. The molecule has 0 aromatic rings. The van der Waals surface area contributed by atoms with Crippen molar-refractivity contribution >= 4 is 7.60 Å². The Morgan fingerprint density at radius 1 is 0.769 bits per heavy atom. The van der Waals surface area contributed by atoms with Crippen LogP contribution in [0.1, 0.15) is 73.1 Å². The summed E-state index contributed by atoms with van der Waals surface area (Å²) in [4.78, 5) is 20.9. The van der Waals surface area contributed by atoms with Crippen molar-refractivity contribution in [1.82, 2.24) is 0 Å². The monoisotopic (exact) mass is 382 g/mol. The van der Waals surface area contributed by atoms with Crippen LogP contribution in [-0.4, -0.2) is 13.0 Å². The van der Waals surface area contributed by atoms with Crippen molar-refractivity contribution in [2.45, 2.75) is 73.1 Å². The normalized spacial score (nSPS) is 13.9. The molecule has 5 heteroatoms. The van der Waals surface area contributed by atoms with Crippen molar-refractivity contribution in [2.75, 3.05) is 13.0 Å². The molecule has 26 heavy (non-hydrogen) atoms. The van der Waals surface area contributed by atoms with Crippen LogP contribution in [0.15, 0.2) is 46.6 Å². The van der Waals surface area contributed by atoms with E-state index in [4.69, 9.17) is 4.74 Å². The smallest absolute Gasteiger partial charge is 0.0741 e. The Labute approximate surface area is 159 Å². The summed E-state index contributed by atoms with van der Waals surface area (Å²) in [6.07, 6.45) is 14.2. The fourth-order valence-corrected chi connectivity index (χ4v) is 2.68. The summed E-state index contributed by atoms with van der Waals surface area (Å²) in [6.45, 7) is 10.8. The van der Waals surface area contributed by atoms with Gasteiger partial charge in [0.05, 0.1) is 13.0 Å². The zero-order valence-corrected chi connectivity index (χ0v) is 17.9. The average Bonchev–Trinajstić information content (AvgIpc) is 2.50. The molecule has 0 saturated carbocycles. The number of hydrogen-bond acceptors (Lipinski definition) is 4. The van der Waals surface area contributed by atoms with Crippen LogP contribution in [0.3, 0.4) is 0 Å². The first-order chi connectivity index (χ1) is 12.1. The summed E-state index contributed by atoms with van der Waals surface area (Å²) in [5.41, 5.74) is 5.36. The quantitative estimate of drug-likeness (QED) is 0.255. The van der Waals surface area contributed by atoms with E-state index >= 15 is 0 Å². The lowest BCUT2D eigenvalue weighted by atomic mass is 10.0. The maximum Gasteiger partial charge on any atom is 0.0741 e. The maximum atomic E-state index is 10.4. The molecule has 0 bridgehead atoms. The van der Waals surface area contributed by atoms with Crippen molar-refractivity contribution in [2.24, 2.45) is 0 Å². The van der Waals surface area contributed by atoms with Gasteiger partial charge in [0.1, 0.15) is 0 Å². The zero-order valence-electron chi connectivity index (χ0n) is 17.0. The summed E-state index contributed by atoms with van der Waals surface area (Å²) in [6, 6.07) is 0. The van der Waals surface area contributed by atoms with Gasteiger partial charge in [-0.25, -0.2) is 0 Å². The third-order valence-corrected chi connectivity index (χ3v) is 4.45. The minimum Gasteiger partial charge on any atom is -0.809 e. The molecule has 0 aromatic carbocycles. The van der Waals surface area contributed by atoms with E-state index in [-0.39, 0.29) is 6.61 Å². The van der Waals surface area contributed by atoms with Gasteiger partial charge in [-0.05, 0) is 80.7 Å². The van der Waals surface area contributed by atoms with Gasteiger partial charge >= 0.3 is 0 Å². The van der Waals surface area contributed by atoms with E-state index in [1.807, 2.05) is 13.0 Å². The molecule has 0 aromatic heterocycles. The SMILES string of the molecule is CC(C)=CCC/C(C)=C/CC/C(C)=C/CC/C(C)=C/COCP(=O)([O-])[O-]. The molecule has 0 rings (SSSR count). The van der Waals surface area contributed by atoms with E-state index in [9.17, 15) is 14.4 Å². The molecular weight excluding hydrogens is 347 g/mol. The molecule has 0 aliphatic rings. The topological polar surface area (TPSA) is 72.4 Å². The average molecular weight is 382 g/mol. The molecule has 0 unspecified atom stereocenters. The first-order valence-corrected chi connectivity index (χ1v) is 11.0. The van der Waals surface area contributed by atoms with E-state index in [0.29, 0.717) is 0 Å². The van der Waals surface area contributed by atoms with E-state index in [1.165, 1.54) is 16.7 Å². The summed E-state index contributed by atoms with van der Waals surface area (Å²) in [5.74, 6) is 0. The van der Waals surface area contributed by atoms with Gasteiger partial charge in [-0.3, -0.25) is 0 Å². The predicted octanol–water partition coefficient (Wildman–Crippen LogP) is 5.02. The third-order valence-electron chi connectivity index (χ3n) is 3.95. The van der Waals surface area contributed by atoms with Crippen LogP contribution in [0.4, 0.5) is 0 Å². The second-order valence-electron chi connectivity index (χ2n) is 7.16. The Kier molecular flexibility index (Phi) is 13.7. The van der Waals surface area contributed by atoms with Crippen molar-refractivity contribution < 1.29 is 19.1 Å². The molecule has 0 atom stereocenters. The first kappa shape index (κ1) is 25.1. The molecule has 0 fully saturated rings. The lowest BCUT2D eigenvalue weighted by Gasteiger charge is -2.28. The summed E-state index contributed by atoms with van der Waals surface area (Å²) in [7, 11) is -4.56. The molecule has 0 aliphatic carbocycles. The minimum atomic E-state index is -4.56. The Balaban J connectivity index is 3.99. The second-order valence-corrected chi connectivity index (χ2v) is 8.64. The van der Waals surface area contributed by atoms with Gasteiger partial charge in [-0.1, -0.05) is 46.6 Å². The lowest BCUT2D eigenvalue weighted by Crippen LogP contribution is -2.18. The minimum absolute atomic E-state index is 0.166. The highest BCUT2D eigenvalue weighted by Gasteiger charge is 1.94. The molecule has 0 radical (unpaired) electrons. The van der Waals surface area contributed by atoms with Gasteiger partial charge in [0, 0.05) is 0 Å². The van der Waals surface area contributed by atoms with Gasteiger partial charge in [-0.2, -0.15) is 0 Å². The van der Waals surface area contributed by atoms with Crippen molar-refractivity contribution in [3.63, 3.8) is 0 Å². The van der Waals surface area contributed by atoms with Crippen molar-refractivity contribution in [1.29, 1.82) is 0 Å². The maximum absolute atomic E-state index is 10.4. The van der Waals surface area contributed by atoms with Crippen LogP contribution < -0.4 is 9.79 Å². The fourth-order valence-electron chi connectivity index (χ4n) is 2.35.